The van der Waals surface area contributed by atoms with Gasteiger partial charge in [-0.2, -0.15) is 0 Å². The van der Waals surface area contributed by atoms with Crippen molar-refractivity contribution in [3.8, 4) is 11.1 Å². The maximum atomic E-state index is 13.2. The second kappa shape index (κ2) is 9.03. The van der Waals surface area contributed by atoms with Crippen LogP contribution in [0.25, 0.3) is 21.3 Å². The van der Waals surface area contributed by atoms with E-state index in [0.717, 1.165) is 11.1 Å². The highest BCUT2D eigenvalue weighted by Gasteiger charge is 2.18. The number of thioether (sulfide) groups is 1. The lowest BCUT2D eigenvalue weighted by molar-refractivity contribution is -0.115. The number of nitrogens with zero attached hydrogens (tertiary/aromatic N) is 3. The number of hydrogen-bond acceptors (Lipinski definition) is 5. The second-order valence-electron chi connectivity index (χ2n) is 6.85. The fourth-order valence-electron chi connectivity index (χ4n) is 3.22. The van der Waals surface area contributed by atoms with Gasteiger partial charge in [-0.3, -0.25) is 14.2 Å². The molecular formula is C23H20FN3O2S2. The van der Waals surface area contributed by atoms with Crippen molar-refractivity contribution >= 4 is 44.9 Å². The number of rotatable bonds is 6. The van der Waals surface area contributed by atoms with E-state index in [2.05, 4.69) is 0 Å². The zero-order chi connectivity index (χ0) is 22.0. The Morgan fingerprint density at radius 2 is 1.87 bits per heavy atom. The molecule has 0 N–H and O–H groups in total. The third-order valence-electron chi connectivity index (χ3n) is 4.96. The Morgan fingerprint density at radius 1 is 1.16 bits per heavy atom. The van der Waals surface area contributed by atoms with Crippen molar-refractivity contribution in [2.24, 2.45) is 0 Å². The molecular weight excluding hydrogens is 433 g/mol. The number of thiophene rings is 1. The van der Waals surface area contributed by atoms with Gasteiger partial charge in [0.05, 0.1) is 11.3 Å². The zero-order valence-electron chi connectivity index (χ0n) is 17.0. The maximum Gasteiger partial charge on any atom is 0.272 e. The van der Waals surface area contributed by atoms with E-state index >= 15 is 0 Å². The monoisotopic (exact) mass is 453 g/mol. The molecule has 31 heavy (non-hydrogen) atoms. The van der Waals surface area contributed by atoms with Crippen LogP contribution in [0.15, 0.2) is 69.9 Å². The summed E-state index contributed by atoms with van der Waals surface area (Å²) < 4.78 is 15.4. The van der Waals surface area contributed by atoms with E-state index in [1.54, 1.807) is 23.7 Å². The van der Waals surface area contributed by atoms with Crippen LogP contribution in [0.3, 0.4) is 0 Å². The van der Waals surface area contributed by atoms with Gasteiger partial charge < -0.3 is 4.90 Å². The number of halogens is 1. The third-order valence-corrected chi connectivity index (χ3v) is 6.87. The molecule has 0 aliphatic heterocycles. The van der Waals surface area contributed by atoms with Gasteiger partial charge >= 0.3 is 0 Å². The number of hydrogen-bond donors (Lipinski definition) is 0. The Hall–Kier alpha value is -2.97. The first-order valence-electron chi connectivity index (χ1n) is 9.72. The van der Waals surface area contributed by atoms with E-state index in [1.165, 1.54) is 40.1 Å². The molecule has 0 fully saturated rings. The molecule has 4 rings (SSSR count). The molecule has 0 spiro atoms. The summed E-state index contributed by atoms with van der Waals surface area (Å²) in [4.78, 5) is 32.0. The average molecular weight is 454 g/mol. The molecule has 2 aromatic heterocycles. The molecule has 0 aliphatic rings. The molecule has 4 aromatic rings. The molecule has 0 saturated heterocycles. The summed E-state index contributed by atoms with van der Waals surface area (Å²) in [6.07, 6.45) is 0. The molecule has 158 valence electrons. The minimum absolute atomic E-state index is 0.0958. The molecule has 1 amide bonds. The average Bonchev–Trinajstić information content (AvgIpc) is 3.22. The summed E-state index contributed by atoms with van der Waals surface area (Å²) in [6.45, 7) is 2.35. The van der Waals surface area contributed by atoms with Crippen LogP contribution < -0.4 is 10.5 Å². The van der Waals surface area contributed by atoms with E-state index in [-0.39, 0.29) is 23.0 Å². The number of carbonyl (C=O) groups is 1. The van der Waals surface area contributed by atoms with E-state index < -0.39 is 0 Å². The number of aromatic nitrogens is 2. The van der Waals surface area contributed by atoms with Crippen molar-refractivity contribution in [1.82, 2.24) is 9.55 Å². The molecule has 5 nitrogen and oxygen atoms in total. The number of carbonyl (C=O) groups excluding carboxylic acids is 1. The molecule has 0 bridgehead atoms. The first-order valence-corrected chi connectivity index (χ1v) is 11.6. The summed E-state index contributed by atoms with van der Waals surface area (Å²) in [7, 11) is 1.64. The smallest absolute Gasteiger partial charge is 0.272 e. The van der Waals surface area contributed by atoms with Gasteiger partial charge in [0.2, 0.25) is 5.91 Å². The lowest BCUT2D eigenvalue weighted by atomic mass is 10.1. The molecule has 0 atom stereocenters. The fourth-order valence-corrected chi connectivity index (χ4v) is 5.15. The van der Waals surface area contributed by atoms with Crippen molar-refractivity contribution in [1.29, 1.82) is 0 Å². The number of benzene rings is 2. The van der Waals surface area contributed by atoms with E-state index in [1.807, 2.05) is 42.6 Å². The van der Waals surface area contributed by atoms with Crippen LogP contribution in [-0.2, 0) is 11.3 Å². The van der Waals surface area contributed by atoms with Crippen LogP contribution in [0.1, 0.15) is 6.92 Å². The number of anilines is 1. The summed E-state index contributed by atoms with van der Waals surface area (Å²) >= 11 is 2.62. The Morgan fingerprint density at radius 3 is 2.55 bits per heavy atom. The van der Waals surface area contributed by atoms with Gasteiger partial charge in [-0.1, -0.05) is 42.1 Å². The van der Waals surface area contributed by atoms with Crippen LogP contribution in [-0.4, -0.2) is 28.3 Å². The minimum atomic E-state index is -0.353. The normalized spacial score (nSPS) is 11.1. The summed E-state index contributed by atoms with van der Waals surface area (Å²) in [5.41, 5.74) is 3.08. The van der Waals surface area contributed by atoms with Gasteiger partial charge in [-0.15, -0.1) is 11.3 Å². The zero-order valence-corrected chi connectivity index (χ0v) is 18.7. The van der Waals surface area contributed by atoms with Crippen molar-refractivity contribution in [2.45, 2.75) is 18.6 Å². The van der Waals surface area contributed by atoms with Gasteiger partial charge in [0.1, 0.15) is 10.5 Å². The van der Waals surface area contributed by atoms with Crippen LogP contribution in [0.4, 0.5) is 10.1 Å². The molecule has 2 heterocycles. The lowest BCUT2D eigenvalue weighted by Crippen LogP contribution is -2.28. The topological polar surface area (TPSA) is 55.2 Å². The summed E-state index contributed by atoms with van der Waals surface area (Å²) in [5.74, 6) is -0.410. The van der Waals surface area contributed by atoms with E-state index in [4.69, 9.17) is 4.98 Å². The first-order chi connectivity index (χ1) is 15.0. The van der Waals surface area contributed by atoms with Crippen molar-refractivity contribution in [3.63, 3.8) is 0 Å². The maximum absolute atomic E-state index is 13.2. The van der Waals surface area contributed by atoms with Crippen LogP contribution in [0.5, 0.6) is 0 Å². The Kier molecular flexibility index (Phi) is 6.20. The Balaban J connectivity index is 1.64. The Bertz CT molecular complexity index is 1280. The SMILES string of the molecule is CCn1c(SCC(=O)N(C)c2ccc(F)cc2)nc2c(-c3ccccc3)csc2c1=O. The van der Waals surface area contributed by atoms with Crippen LogP contribution in [0.2, 0.25) is 0 Å². The quantitative estimate of drug-likeness (QED) is 0.303. The van der Waals surface area contributed by atoms with Gasteiger partial charge in [0.15, 0.2) is 5.16 Å². The van der Waals surface area contributed by atoms with E-state index in [9.17, 15) is 14.0 Å². The van der Waals surface area contributed by atoms with Crippen LogP contribution >= 0.6 is 23.1 Å². The first kappa shape index (κ1) is 21.3. The molecule has 8 heteroatoms. The molecule has 0 unspecified atom stereocenters. The number of fused-ring (bicyclic) bond motifs is 1. The summed E-state index contributed by atoms with van der Waals surface area (Å²) in [6, 6.07) is 15.6. The van der Waals surface area contributed by atoms with Gasteiger partial charge in [0, 0.05) is 30.2 Å². The lowest BCUT2D eigenvalue weighted by Gasteiger charge is -2.17. The highest BCUT2D eigenvalue weighted by molar-refractivity contribution is 7.99. The van der Waals surface area contributed by atoms with Crippen molar-refractivity contribution in [3.05, 3.63) is 76.1 Å². The Labute approximate surface area is 187 Å². The predicted molar refractivity (Wildman–Crippen MR) is 126 cm³/mol. The molecule has 0 aliphatic carbocycles. The molecule has 2 aromatic carbocycles. The standard InChI is InChI=1S/C23H20FN3O2S2/c1-3-27-22(29)21-20(18(13-30-21)15-7-5-4-6-8-15)25-23(27)31-14-19(28)26(2)17-11-9-16(24)10-12-17/h4-13H,3,14H2,1-2H3. The van der Waals surface area contributed by atoms with Crippen LogP contribution in [0, 0.1) is 5.82 Å². The van der Waals surface area contributed by atoms with E-state index in [0.29, 0.717) is 27.6 Å². The van der Waals surface area contributed by atoms with Gasteiger partial charge in [-0.25, -0.2) is 9.37 Å². The van der Waals surface area contributed by atoms with Gasteiger partial charge in [-0.05, 0) is 36.8 Å². The second-order valence-corrected chi connectivity index (χ2v) is 8.68. The predicted octanol–water partition coefficient (Wildman–Crippen LogP) is 5.04. The number of amides is 1. The van der Waals surface area contributed by atoms with Gasteiger partial charge in [0.25, 0.3) is 5.56 Å². The molecule has 0 saturated carbocycles. The van der Waals surface area contributed by atoms with Crippen molar-refractivity contribution < 1.29 is 9.18 Å². The largest absolute Gasteiger partial charge is 0.315 e. The third kappa shape index (κ3) is 4.26. The van der Waals surface area contributed by atoms with Crippen molar-refractivity contribution in [2.75, 3.05) is 17.7 Å². The summed E-state index contributed by atoms with van der Waals surface area (Å²) in [5, 5.41) is 2.47. The highest BCUT2D eigenvalue weighted by Crippen LogP contribution is 2.32. The fraction of sp³-hybridized carbons (Fsp3) is 0.174. The molecule has 0 radical (unpaired) electrons. The minimum Gasteiger partial charge on any atom is -0.315 e. The highest BCUT2D eigenvalue weighted by atomic mass is 32.2.